The highest BCUT2D eigenvalue weighted by molar-refractivity contribution is 7.92. The van der Waals surface area contributed by atoms with Gasteiger partial charge in [0.05, 0.1) is 24.2 Å². The first-order valence-corrected chi connectivity index (χ1v) is 14.5. The summed E-state index contributed by atoms with van der Waals surface area (Å²) in [7, 11) is -1.61. The summed E-state index contributed by atoms with van der Waals surface area (Å²) in [6.45, 7) is 2.93. The molecule has 4 rings (SSSR count). The number of carbonyl (C=O) groups is 2. The van der Waals surface area contributed by atoms with Gasteiger partial charge < -0.3 is 20.2 Å². The molecule has 2 aliphatic carbocycles. The number of hydrogen-bond donors (Lipinski definition) is 2. The number of carbonyl (C=O) groups excluding carboxylic acids is 2. The molecule has 0 bridgehead atoms. The monoisotopic (exact) mass is 547 g/mol. The van der Waals surface area contributed by atoms with Crippen LogP contribution in [0.1, 0.15) is 73.0 Å². The molecule has 208 valence electrons. The number of amides is 1. The molecule has 2 heterocycles. The Kier molecular flexibility index (Phi) is 9.96. The lowest BCUT2D eigenvalue weighted by Crippen LogP contribution is -2.42. The van der Waals surface area contributed by atoms with Crippen LogP contribution in [0.5, 0.6) is 5.88 Å². The molecule has 1 aromatic rings. The van der Waals surface area contributed by atoms with E-state index < -0.39 is 39.5 Å². The molecule has 2 N–H and O–H groups in total. The molecule has 1 saturated heterocycles. The average Bonchev–Trinajstić information content (AvgIpc) is 3.46. The Morgan fingerprint density at radius 1 is 1.22 bits per heavy atom. The van der Waals surface area contributed by atoms with E-state index in [2.05, 4.69) is 15.6 Å². The molecule has 37 heavy (non-hydrogen) atoms. The largest absolute Gasteiger partial charge is 0.480 e. The van der Waals surface area contributed by atoms with Crippen LogP contribution in [0.25, 0.3) is 0 Å². The summed E-state index contributed by atoms with van der Waals surface area (Å²) in [6.07, 6.45) is 3.88. The van der Waals surface area contributed by atoms with Gasteiger partial charge in [-0.3, -0.25) is 4.79 Å². The minimum Gasteiger partial charge on any atom is -0.480 e. The molecule has 8 nitrogen and oxygen atoms in total. The number of rotatable bonds is 8. The Bertz CT molecular complexity index is 1050. The number of alkyl halides is 3. The van der Waals surface area contributed by atoms with E-state index in [1.165, 1.54) is 6.92 Å². The summed E-state index contributed by atoms with van der Waals surface area (Å²) < 4.78 is 66.7. The van der Waals surface area contributed by atoms with Crippen LogP contribution < -0.4 is 15.4 Å². The second-order valence-corrected chi connectivity index (χ2v) is 12.5. The number of aldehydes is 1. The van der Waals surface area contributed by atoms with Crippen LogP contribution in [0.2, 0.25) is 0 Å². The number of nitrogens with zero attached hydrogens (tertiary/aromatic N) is 1. The van der Waals surface area contributed by atoms with Crippen molar-refractivity contribution in [3.8, 4) is 5.88 Å². The summed E-state index contributed by atoms with van der Waals surface area (Å²) in [5.41, 5.74) is -1.12. The number of aromatic nitrogens is 1. The number of ether oxygens (including phenoxy) is 1. The highest BCUT2D eigenvalue weighted by Gasteiger charge is 2.36. The van der Waals surface area contributed by atoms with Gasteiger partial charge in [-0.25, -0.2) is 13.4 Å². The summed E-state index contributed by atoms with van der Waals surface area (Å²) in [6, 6.07) is 0.132. The molecule has 2 saturated carbocycles. The highest BCUT2D eigenvalue weighted by atomic mass is 32.2. The summed E-state index contributed by atoms with van der Waals surface area (Å²) in [4.78, 5) is 27.3. The predicted octanol–water partition coefficient (Wildman–Crippen LogP) is 3.47. The van der Waals surface area contributed by atoms with Crippen molar-refractivity contribution in [2.24, 2.45) is 11.8 Å². The maximum atomic E-state index is 12.9. The van der Waals surface area contributed by atoms with E-state index >= 15 is 0 Å². The first kappa shape index (κ1) is 29.3. The smallest absolute Gasteiger partial charge is 0.433 e. The molecule has 2 unspecified atom stereocenters. The van der Waals surface area contributed by atoms with Gasteiger partial charge in [0.25, 0.3) is 5.91 Å². The van der Waals surface area contributed by atoms with Crippen molar-refractivity contribution < 1.29 is 35.9 Å². The first-order valence-electron chi connectivity index (χ1n) is 12.8. The van der Waals surface area contributed by atoms with Crippen molar-refractivity contribution >= 4 is 22.0 Å². The zero-order valence-corrected chi connectivity index (χ0v) is 22.1. The maximum Gasteiger partial charge on any atom is 0.433 e. The molecule has 12 heteroatoms. The lowest BCUT2D eigenvalue weighted by Gasteiger charge is -2.27. The van der Waals surface area contributed by atoms with E-state index in [0.717, 1.165) is 71.1 Å². The van der Waals surface area contributed by atoms with Crippen molar-refractivity contribution in [3.05, 3.63) is 22.9 Å². The summed E-state index contributed by atoms with van der Waals surface area (Å²) in [5.74, 6) is -0.0739. The Hall–Kier alpha value is -2.21. The highest BCUT2D eigenvalue weighted by Crippen LogP contribution is 2.33. The fourth-order valence-electron chi connectivity index (χ4n) is 4.88. The van der Waals surface area contributed by atoms with Gasteiger partial charge in [-0.1, -0.05) is 19.3 Å². The number of halogens is 3. The molecular formula is C25H36F3N3O5S. The summed E-state index contributed by atoms with van der Waals surface area (Å²) in [5, 5.41) is 5.63. The second-order valence-electron chi connectivity index (χ2n) is 10.1. The molecule has 1 aliphatic heterocycles. The standard InChI is InChI=1S/C17H21F3N2O3.C8H15NO2S/c1-10-8-13(17(18,19)20)22-16(25-2)14(10)15(24)21-12(9-23)11-6-4-3-5-7-11;10-12(11,6-7-1-2-7)8-3-4-9-5-8/h8-9,11-12H,3-7H2,1-2H3,(H,21,24);7-9H,1-6H2. The van der Waals surface area contributed by atoms with E-state index in [1.807, 2.05) is 0 Å². The normalized spacial score (nSPS) is 21.5. The molecule has 3 aliphatic rings. The minimum atomic E-state index is -4.64. The van der Waals surface area contributed by atoms with Crippen LogP contribution in [0.15, 0.2) is 6.07 Å². The van der Waals surface area contributed by atoms with Gasteiger partial charge >= 0.3 is 6.18 Å². The molecular weight excluding hydrogens is 511 g/mol. The van der Waals surface area contributed by atoms with Crippen molar-refractivity contribution in [1.29, 1.82) is 0 Å². The fraction of sp³-hybridized carbons (Fsp3) is 0.720. The van der Waals surface area contributed by atoms with E-state index in [9.17, 15) is 31.2 Å². The number of nitrogens with one attached hydrogen (secondary N) is 2. The van der Waals surface area contributed by atoms with E-state index in [4.69, 9.17) is 4.74 Å². The van der Waals surface area contributed by atoms with Gasteiger partial charge in [0.1, 0.15) is 17.5 Å². The molecule has 3 fully saturated rings. The predicted molar refractivity (Wildman–Crippen MR) is 132 cm³/mol. The molecule has 1 aromatic heterocycles. The van der Waals surface area contributed by atoms with E-state index in [0.29, 0.717) is 24.5 Å². The lowest BCUT2D eigenvalue weighted by molar-refractivity contribution is -0.141. The molecule has 0 aromatic carbocycles. The first-order chi connectivity index (χ1) is 17.5. The van der Waals surface area contributed by atoms with Gasteiger partial charge in [0.2, 0.25) is 5.88 Å². The number of methoxy groups -OCH3 is 1. The SMILES string of the molecule is COc1nc(C(F)(F)F)cc(C)c1C(=O)NC(C=O)C1CCCCC1.O=S(=O)(CC1CC1)C1CCNC1. The molecule has 0 radical (unpaired) electrons. The summed E-state index contributed by atoms with van der Waals surface area (Å²) >= 11 is 0. The van der Waals surface area contributed by atoms with Crippen LogP contribution in [0, 0.1) is 18.8 Å². The van der Waals surface area contributed by atoms with Crippen molar-refractivity contribution in [3.63, 3.8) is 0 Å². The number of hydrogen-bond acceptors (Lipinski definition) is 7. The van der Waals surface area contributed by atoms with Crippen LogP contribution >= 0.6 is 0 Å². The van der Waals surface area contributed by atoms with Crippen molar-refractivity contribution in [1.82, 2.24) is 15.6 Å². The maximum absolute atomic E-state index is 12.9. The van der Waals surface area contributed by atoms with E-state index in [1.54, 1.807) is 0 Å². The fourth-order valence-corrected chi connectivity index (χ4v) is 6.99. The number of sulfone groups is 1. The van der Waals surface area contributed by atoms with Crippen molar-refractivity contribution in [2.75, 3.05) is 26.0 Å². The van der Waals surface area contributed by atoms with Gasteiger partial charge in [-0.05, 0) is 69.0 Å². The van der Waals surface area contributed by atoms with Crippen LogP contribution in [-0.2, 0) is 20.8 Å². The van der Waals surface area contributed by atoms with Gasteiger partial charge in [-0.15, -0.1) is 0 Å². The Labute approximate surface area is 216 Å². The van der Waals surface area contributed by atoms with E-state index in [-0.39, 0.29) is 22.3 Å². The van der Waals surface area contributed by atoms with Gasteiger partial charge in [0, 0.05) is 6.54 Å². The van der Waals surface area contributed by atoms with Gasteiger partial charge in [0.15, 0.2) is 9.84 Å². The second kappa shape index (κ2) is 12.6. The topological polar surface area (TPSA) is 114 Å². The van der Waals surface area contributed by atoms with Crippen LogP contribution in [0.4, 0.5) is 13.2 Å². The third-order valence-electron chi connectivity index (χ3n) is 7.18. The zero-order valence-electron chi connectivity index (χ0n) is 21.3. The zero-order chi connectivity index (χ0) is 27.2. The third kappa shape index (κ3) is 8.13. The minimum absolute atomic E-state index is 0.0453. The Morgan fingerprint density at radius 3 is 2.41 bits per heavy atom. The van der Waals surface area contributed by atoms with Gasteiger partial charge in [-0.2, -0.15) is 13.2 Å². The molecule has 0 spiro atoms. The molecule has 1 amide bonds. The quantitative estimate of drug-likeness (QED) is 0.479. The van der Waals surface area contributed by atoms with Crippen molar-refractivity contribution in [2.45, 2.75) is 75.8 Å². The van der Waals surface area contributed by atoms with Crippen LogP contribution in [0.3, 0.4) is 0 Å². The lowest BCUT2D eigenvalue weighted by atomic mass is 9.84. The third-order valence-corrected chi connectivity index (χ3v) is 9.54. The number of pyridine rings is 1. The average molecular weight is 548 g/mol. The molecule has 2 atom stereocenters. The Balaban J connectivity index is 0.000000262. The number of aryl methyl sites for hydroxylation is 1. The Morgan fingerprint density at radius 2 is 1.89 bits per heavy atom. The van der Waals surface area contributed by atoms with Crippen LogP contribution in [-0.4, -0.2) is 62.8 Å².